The molecule has 0 unspecified atom stereocenters. The average molecular weight is 356 g/mol. The highest BCUT2D eigenvalue weighted by atomic mass is 32.2. The van der Waals surface area contributed by atoms with Gasteiger partial charge in [-0.3, -0.25) is 4.79 Å². The fourth-order valence-corrected chi connectivity index (χ4v) is 4.82. The van der Waals surface area contributed by atoms with Crippen LogP contribution in [0.3, 0.4) is 0 Å². The van der Waals surface area contributed by atoms with Crippen LogP contribution in [-0.4, -0.2) is 66.9 Å². The van der Waals surface area contributed by atoms with E-state index in [4.69, 9.17) is 4.74 Å². The molecule has 0 atom stereocenters. The maximum Gasteiger partial charge on any atom is 0.293 e. The van der Waals surface area contributed by atoms with Gasteiger partial charge < -0.3 is 14.2 Å². The van der Waals surface area contributed by atoms with Crippen molar-refractivity contribution in [2.45, 2.75) is 25.6 Å². The topological polar surface area (TPSA) is 84.7 Å². The average Bonchev–Trinajstić information content (AvgIpc) is 2.50. The molecule has 0 spiro atoms. The minimum Gasteiger partial charge on any atom is -0.379 e. The smallest absolute Gasteiger partial charge is 0.293 e. The van der Waals surface area contributed by atoms with Crippen molar-refractivity contribution < 1.29 is 13.2 Å². The van der Waals surface area contributed by atoms with Crippen LogP contribution in [0.5, 0.6) is 0 Å². The van der Waals surface area contributed by atoms with E-state index in [0.29, 0.717) is 57.7 Å². The first-order valence-electron chi connectivity index (χ1n) is 8.26. The van der Waals surface area contributed by atoms with E-state index in [2.05, 4.69) is 4.98 Å². The number of rotatable bonds is 5. The van der Waals surface area contributed by atoms with Gasteiger partial charge in [0.2, 0.25) is 10.0 Å². The van der Waals surface area contributed by atoms with Gasteiger partial charge in [-0.2, -0.15) is 4.31 Å². The van der Waals surface area contributed by atoms with E-state index >= 15 is 0 Å². The van der Waals surface area contributed by atoms with Gasteiger partial charge in [0.15, 0.2) is 5.82 Å². The summed E-state index contributed by atoms with van der Waals surface area (Å²) in [6.45, 7) is 7.03. The van der Waals surface area contributed by atoms with Gasteiger partial charge in [-0.1, -0.05) is 13.8 Å². The Balaban J connectivity index is 1.69. The Bertz CT molecular complexity index is 734. The first kappa shape index (κ1) is 17.4. The molecule has 0 saturated carbocycles. The number of sulfonamides is 1. The molecule has 0 amide bonds. The molecule has 1 aromatic heterocycles. The summed E-state index contributed by atoms with van der Waals surface area (Å²) >= 11 is 0. The van der Waals surface area contributed by atoms with Gasteiger partial charge in [-0.05, 0) is 5.92 Å². The lowest BCUT2D eigenvalue weighted by molar-refractivity contribution is 0.0724. The van der Waals surface area contributed by atoms with Crippen LogP contribution in [0.1, 0.15) is 13.8 Å². The molecule has 1 aromatic rings. The molecular weight excluding hydrogens is 332 g/mol. The second-order valence-electron chi connectivity index (χ2n) is 6.69. The zero-order valence-corrected chi connectivity index (χ0v) is 14.9. The van der Waals surface area contributed by atoms with Crippen molar-refractivity contribution in [1.29, 1.82) is 0 Å². The van der Waals surface area contributed by atoms with Crippen molar-refractivity contribution >= 4 is 15.8 Å². The number of hydrogen-bond donors (Lipinski definition) is 0. The number of anilines is 1. The second kappa shape index (κ2) is 6.81. The zero-order valence-electron chi connectivity index (χ0n) is 14.1. The van der Waals surface area contributed by atoms with Crippen molar-refractivity contribution in [3.63, 3.8) is 0 Å². The molecule has 0 radical (unpaired) electrons. The Morgan fingerprint density at radius 3 is 2.58 bits per heavy atom. The maximum absolute atomic E-state index is 12.6. The van der Waals surface area contributed by atoms with Crippen LogP contribution < -0.4 is 10.5 Å². The first-order chi connectivity index (χ1) is 11.4. The second-order valence-corrected chi connectivity index (χ2v) is 8.90. The predicted molar refractivity (Wildman–Crippen MR) is 90.6 cm³/mol. The molecular formula is C15H24N4O4S. The third kappa shape index (κ3) is 3.33. The summed E-state index contributed by atoms with van der Waals surface area (Å²) in [6, 6.07) is 0. The van der Waals surface area contributed by atoms with Crippen LogP contribution in [0, 0.1) is 5.92 Å². The van der Waals surface area contributed by atoms with Crippen LogP contribution in [0.4, 0.5) is 5.82 Å². The van der Waals surface area contributed by atoms with Crippen LogP contribution in [0.2, 0.25) is 0 Å². The van der Waals surface area contributed by atoms with Crippen LogP contribution in [-0.2, 0) is 21.3 Å². The summed E-state index contributed by atoms with van der Waals surface area (Å²) in [6.07, 6.45) is 3.27. The third-order valence-corrected chi connectivity index (χ3v) is 6.58. The van der Waals surface area contributed by atoms with Gasteiger partial charge in [0.05, 0.1) is 13.2 Å². The zero-order chi connectivity index (χ0) is 17.3. The van der Waals surface area contributed by atoms with Gasteiger partial charge in [0.1, 0.15) is 5.25 Å². The van der Waals surface area contributed by atoms with Crippen LogP contribution >= 0.6 is 0 Å². The van der Waals surface area contributed by atoms with Gasteiger partial charge in [-0.15, -0.1) is 0 Å². The summed E-state index contributed by atoms with van der Waals surface area (Å²) in [5.74, 6) is 0.690. The number of hydrogen-bond acceptors (Lipinski definition) is 6. The van der Waals surface area contributed by atoms with Crippen molar-refractivity contribution in [2.75, 3.05) is 44.3 Å². The molecule has 0 bridgehead atoms. The highest BCUT2D eigenvalue weighted by molar-refractivity contribution is 7.89. The molecule has 3 heterocycles. The molecule has 9 heteroatoms. The lowest BCUT2D eigenvalue weighted by Gasteiger charge is -2.41. The van der Waals surface area contributed by atoms with Gasteiger partial charge in [0.25, 0.3) is 5.56 Å². The number of aromatic nitrogens is 2. The highest BCUT2D eigenvalue weighted by Crippen LogP contribution is 2.23. The molecule has 3 rings (SSSR count). The van der Waals surface area contributed by atoms with Gasteiger partial charge in [0, 0.05) is 45.1 Å². The number of ether oxygens (including phenoxy) is 1. The Hall–Kier alpha value is -1.45. The van der Waals surface area contributed by atoms with E-state index in [1.54, 1.807) is 21.9 Å². The quantitative estimate of drug-likeness (QED) is 0.723. The summed E-state index contributed by atoms with van der Waals surface area (Å²) in [4.78, 5) is 18.4. The minimum absolute atomic E-state index is 0.159. The van der Waals surface area contributed by atoms with Gasteiger partial charge in [-0.25, -0.2) is 13.4 Å². The molecule has 134 valence electrons. The summed E-state index contributed by atoms with van der Waals surface area (Å²) in [5, 5.41) is -0.476. The SMILES string of the molecule is CC(C)Cn1ccnc(N2CC(S(=O)(=O)N3CCOCC3)C2)c1=O. The van der Waals surface area contributed by atoms with Crippen molar-refractivity contribution in [1.82, 2.24) is 13.9 Å². The van der Waals surface area contributed by atoms with E-state index in [1.807, 2.05) is 13.8 Å². The molecule has 2 aliphatic heterocycles. The van der Waals surface area contributed by atoms with Crippen molar-refractivity contribution in [2.24, 2.45) is 5.92 Å². The minimum atomic E-state index is -3.33. The van der Waals surface area contributed by atoms with E-state index in [9.17, 15) is 13.2 Å². The van der Waals surface area contributed by atoms with E-state index in [0.717, 1.165) is 0 Å². The molecule has 2 fully saturated rings. The normalized spacial score (nSPS) is 20.4. The Morgan fingerprint density at radius 1 is 1.29 bits per heavy atom. The first-order valence-corrected chi connectivity index (χ1v) is 9.77. The number of nitrogens with zero attached hydrogens (tertiary/aromatic N) is 4. The van der Waals surface area contributed by atoms with E-state index < -0.39 is 15.3 Å². The molecule has 0 aliphatic carbocycles. The van der Waals surface area contributed by atoms with Crippen LogP contribution in [0.25, 0.3) is 0 Å². The van der Waals surface area contributed by atoms with Crippen molar-refractivity contribution in [3.8, 4) is 0 Å². The Morgan fingerprint density at radius 2 is 1.96 bits per heavy atom. The van der Waals surface area contributed by atoms with E-state index in [-0.39, 0.29) is 5.56 Å². The lowest BCUT2D eigenvalue weighted by Crippen LogP contribution is -2.60. The Labute approximate surface area is 142 Å². The maximum atomic E-state index is 12.6. The van der Waals surface area contributed by atoms with Crippen molar-refractivity contribution in [3.05, 3.63) is 22.7 Å². The standard InChI is InChI=1S/C15H24N4O4S/c1-12(2)9-17-4-3-16-14(15(17)20)18-10-13(11-18)24(21,22)19-5-7-23-8-6-19/h3-4,12-13H,5-11H2,1-2H3. The molecule has 24 heavy (non-hydrogen) atoms. The molecule has 0 aromatic carbocycles. The Kier molecular flexibility index (Phi) is 4.93. The fraction of sp³-hybridized carbons (Fsp3) is 0.733. The van der Waals surface area contributed by atoms with Crippen LogP contribution in [0.15, 0.2) is 17.2 Å². The van der Waals surface area contributed by atoms with E-state index in [1.165, 1.54) is 4.31 Å². The van der Waals surface area contributed by atoms with Gasteiger partial charge >= 0.3 is 0 Å². The summed E-state index contributed by atoms with van der Waals surface area (Å²) < 4.78 is 33.5. The molecule has 2 saturated heterocycles. The largest absolute Gasteiger partial charge is 0.379 e. The third-order valence-electron chi connectivity index (χ3n) is 4.36. The fourth-order valence-electron chi connectivity index (χ4n) is 3.00. The summed E-state index contributed by atoms with van der Waals surface area (Å²) in [7, 11) is -3.33. The number of morpholine rings is 1. The monoisotopic (exact) mass is 356 g/mol. The lowest BCUT2D eigenvalue weighted by atomic mass is 10.2. The summed E-state index contributed by atoms with van der Waals surface area (Å²) in [5.41, 5.74) is -0.159. The highest BCUT2D eigenvalue weighted by Gasteiger charge is 2.42. The molecule has 8 nitrogen and oxygen atoms in total. The molecule has 0 N–H and O–H groups in total. The molecule has 2 aliphatic rings. The predicted octanol–water partition coefficient (Wildman–Crippen LogP) is -0.250.